The van der Waals surface area contributed by atoms with Gasteiger partial charge in [-0.05, 0) is 26.2 Å². The van der Waals surface area contributed by atoms with Gasteiger partial charge in [0.1, 0.15) is 6.61 Å². The Hall–Kier alpha value is -0.450. The molecule has 0 aromatic heterocycles. The van der Waals surface area contributed by atoms with Gasteiger partial charge in [-0.3, -0.25) is 4.79 Å². The average Bonchev–Trinajstić information content (AvgIpc) is 2.44. The molecule has 0 bridgehead atoms. The largest absolute Gasteiger partial charge is 0.377 e. The summed E-state index contributed by atoms with van der Waals surface area (Å²) in [6, 6.07) is 0. The Labute approximate surface area is 136 Å². The van der Waals surface area contributed by atoms with Crippen LogP contribution in [0.2, 0.25) is 0 Å². The third kappa shape index (κ3) is 17.6. The highest BCUT2D eigenvalue weighted by atomic mass is 16.5. The Morgan fingerprint density at radius 2 is 1.45 bits per heavy atom. The van der Waals surface area contributed by atoms with Crippen LogP contribution in [0.4, 0.5) is 0 Å². The molecule has 0 aliphatic heterocycles. The molecule has 0 fully saturated rings. The van der Waals surface area contributed by atoms with Crippen molar-refractivity contribution in [1.82, 2.24) is 0 Å². The van der Waals surface area contributed by atoms with Crippen molar-refractivity contribution in [2.24, 2.45) is 5.92 Å². The van der Waals surface area contributed by atoms with Crippen molar-refractivity contribution in [3.05, 3.63) is 0 Å². The molecule has 22 heavy (non-hydrogen) atoms. The van der Waals surface area contributed by atoms with Gasteiger partial charge in [-0.1, -0.05) is 39.5 Å². The molecule has 0 spiro atoms. The molecule has 4 heteroatoms. The van der Waals surface area contributed by atoms with Gasteiger partial charge in [0, 0.05) is 6.42 Å². The summed E-state index contributed by atoms with van der Waals surface area (Å²) in [5.74, 6) is 0.987. The number of hydrogen-bond donors (Lipinski definition) is 0. The first-order valence-electron chi connectivity index (χ1n) is 8.81. The summed E-state index contributed by atoms with van der Waals surface area (Å²) in [7, 11) is 0. The normalized spacial score (nSPS) is 11.5. The number of hydrogen-bond acceptors (Lipinski definition) is 4. The zero-order chi connectivity index (χ0) is 16.6. The number of carbonyl (C=O) groups excluding carboxylic acids is 1. The Morgan fingerprint density at radius 3 is 2.14 bits per heavy atom. The van der Waals surface area contributed by atoms with E-state index in [9.17, 15) is 4.79 Å². The van der Waals surface area contributed by atoms with Crippen LogP contribution in [0.5, 0.6) is 0 Å². The summed E-state index contributed by atoms with van der Waals surface area (Å²) >= 11 is 0. The monoisotopic (exact) mass is 316 g/mol. The lowest BCUT2D eigenvalue weighted by Gasteiger charge is -2.08. The van der Waals surface area contributed by atoms with Crippen molar-refractivity contribution in [3.63, 3.8) is 0 Å². The van der Waals surface area contributed by atoms with Gasteiger partial charge in [0.25, 0.3) is 0 Å². The molecule has 0 rings (SSSR count). The van der Waals surface area contributed by atoms with E-state index in [1.54, 1.807) is 0 Å². The Bertz CT molecular complexity index is 251. The van der Waals surface area contributed by atoms with Crippen molar-refractivity contribution in [1.29, 1.82) is 0 Å². The van der Waals surface area contributed by atoms with Crippen LogP contribution in [-0.4, -0.2) is 44.9 Å². The average molecular weight is 316 g/mol. The van der Waals surface area contributed by atoms with Crippen LogP contribution in [0.3, 0.4) is 0 Å². The van der Waals surface area contributed by atoms with Crippen molar-refractivity contribution < 1.29 is 19.0 Å². The highest BCUT2D eigenvalue weighted by Crippen LogP contribution is 2.10. The van der Waals surface area contributed by atoms with Crippen LogP contribution in [0.15, 0.2) is 0 Å². The molecule has 0 aromatic carbocycles. The molecule has 4 nitrogen and oxygen atoms in total. The van der Waals surface area contributed by atoms with Gasteiger partial charge in [0.05, 0.1) is 32.5 Å². The van der Waals surface area contributed by atoms with Gasteiger partial charge in [-0.15, -0.1) is 0 Å². The number of carbonyl (C=O) groups is 1. The fraction of sp³-hybridized carbons (Fsp3) is 0.944. The second-order valence-electron chi connectivity index (χ2n) is 6.47. The first-order chi connectivity index (χ1) is 10.5. The topological polar surface area (TPSA) is 44.8 Å². The summed E-state index contributed by atoms with van der Waals surface area (Å²) in [6.07, 6.45) is 6.83. The smallest absolute Gasteiger partial charge is 0.158 e. The molecule has 0 heterocycles. The summed E-state index contributed by atoms with van der Waals surface area (Å²) in [6.45, 7) is 10.9. The van der Waals surface area contributed by atoms with Gasteiger partial charge in [-0.2, -0.15) is 0 Å². The third-order valence-electron chi connectivity index (χ3n) is 3.30. The van der Waals surface area contributed by atoms with Gasteiger partial charge in [0.15, 0.2) is 5.78 Å². The van der Waals surface area contributed by atoms with E-state index in [0.29, 0.717) is 32.8 Å². The van der Waals surface area contributed by atoms with Crippen LogP contribution in [-0.2, 0) is 19.0 Å². The fourth-order valence-corrected chi connectivity index (χ4v) is 2.05. The summed E-state index contributed by atoms with van der Waals surface area (Å²) in [5.41, 5.74) is 0. The first-order valence-corrected chi connectivity index (χ1v) is 8.81. The lowest BCUT2D eigenvalue weighted by molar-refractivity contribution is -0.124. The molecule has 0 N–H and O–H groups in total. The van der Waals surface area contributed by atoms with Crippen LogP contribution in [0.25, 0.3) is 0 Å². The van der Waals surface area contributed by atoms with Crippen LogP contribution < -0.4 is 0 Å². The van der Waals surface area contributed by atoms with E-state index >= 15 is 0 Å². The Kier molecular flexibility index (Phi) is 15.1. The number of ether oxygens (including phenoxy) is 3. The molecule has 132 valence electrons. The van der Waals surface area contributed by atoms with Crippen LogP contribution >= 0.6 is 0 Å². The highest BCUT2D eigenvalue weighted by molar-refractivity contribution is 5.79. The third-order valence-corrected chi connectivity index (χ3v) is 3.30. The maximum Gasteiger partial charge on any atom is 0.158 e. The molecule has 0 radical (unpaired) electrons. The molecule has 0 aromatic rings. The van der Waals surface area contributed by atoms with E-state index in [2.05, 4.69) is 13.8 Å². The standard InChI is InChI=1S/C18H36O4/c1-16(2)9-7-5-6-8-10-18(19)15-21-12-11-20-13-14-22-17(3)4/h16-17H,5-15H2,1-4H3. The summed E-state index contributed by atoms with van der Waals surface area (Å²) in [5, 5.41) is 0. The van der Waals surface area contributed by atoms with Gasteiger partial charge >= 0.3 is 0 Å². The van der Waals surface area contributed by atoms with Gasteiger partial charge in [-0.25, -0.2) is 0 Å². The predicted molar refractivity (Wildman–Crippen MR) is 90.3 cm³/mol. The van der Waals surface area contributed by atoms with Crippen LogP contribution in [0, 0.1) is 5.92 Å². The van der Waals surface area contributed by atoms with Crippen LogP contribution in [0.1, 0.15) is 66.2 Å². The molecule has 0 unspecified atom stereocenters. The highest BCUT2D eigenvalue weighted by Gasteiger charge is 2.02. The number of rotatable bonds is 16. The number of ketones is 1. The van der Waals surface area contributed by atoms with Gasteiger partial charge < -0.3 is 14.2 Å². The minimum atomic E-state index is 0.201. The van der Waals surface area contributed by atoms with Gasteiger partial charge in [0.2, 0.25) is 0 Å². The van der Waals surface area contributed by atoms with Crippen molar-refractivity contribution >= 4 is 5.78 Å². The van der Waals surface area contributed by atoms with E-state index < -0.39 is 0 Å². The maximum atomic E-state index is 11.6. The van der Waals surface area contributed by atoms with E-state index in [4.69, 9.17) is 14.2 Å². The minimum absolute atomic E-state index is 0.201. The number of unbranched alkanes of at least 4 members (excludes halogenated alkanes) is 3. The maximum absolute atomic E-state index is 11.6. The molecule has 0 saturated heterocycles. The molecule has 0 aliphatic rings. The van der Waals surface area contributed by atoms with Crippen molar-refractivity contribution in [2.45, 2.75) is 72.3 Å². The zero-order valence-electron chi connectivity index (χ0n) is 15.1. The lowest BCUT2D eigenvalue weighted by Crippen LogP contribution is -2.14. The van der Waals surface area contributed by atoms with E-state index in [1.807, 2.05) is 13.8 Å². The molecule has 0 saturated carbocycles. The summed E-state index contributed by atoms with van der Waals surface area (Å²) < 4.78 is 16.0. The molecule has 0 atom stereocenters. The van der Waals surface area contributed by atoms with Crippen molar-refractivity contribution in [3.8, 4) is 0 Å². The number of Topliss-reactive ketones (excluding diaryl/α,β-unsaturated/α-hetero) is 1. The quantitative estimate of drug-likeness (QED) is 0.404. The van der Waals surface area contributed by atoms with Crippen molar-refractivity contribution in [2.75, 3.05) is 33.0 Å². The first kappa shape index (κ1) is 21.6. The fourth-order valence-electron chi connectivity index (χ4n) is 2.05. The Balaban J connectivity index is 3.19. The van der Waals surface area contributed by atoms with E-state index in [0.717, 1.165) is 18.8 Å². The second-order valence-corrected chi connectivity index (χ2v) is 6.47. The predicted octanol–water partition coefficient (Wildman–Crippen LogP) is 4.01. The SMILES string of the molecule is CC(C)CCCCCCC(=O)COCCOCCOC(C)C. The summed E-state index contributed by atoms with van der Waals surface area (Å²) in [4.78, 5) is 11.6. The molecular formula is C18H36O4. The lowest BCUT2D eigenvalue weighted by atomic mass is 10.0. The Morgan fingerprint density at radius 1 is 0.818 bits per heavy atom. The molecule has 0 amide bonds. The molecular weight excluding hydrogens is 280 g/mol. The minimum Gasteiger partial charge on any atom is -0.377 e. The van der Waals surface area contributed by atoms with E-state index in [1.165, 1.54) is 19.3 Å². The molecule has 0 aliphatic carbocycles. The van der Waals surface area contributed by atoms with E-state index in [-0.39, 0.29) is 18.5 Å². The zero-order valence-corrected chi connectivity index (χ0v) is 15.1. The second kappa shape index (κ2) is 15.4.